The van der Waals surface area contributed by atoms with Crippen LogP contribution in [0.25, 0.3) is 11.0 Å². The molecule has 7 heteroatoms. The Balaban J connectivity index is 1.72. The first-order valence-electron chi connectivity index (χ1n) is 7.39. The molecule has 1 aromatic heterocycles. The second-order valence-electron chi connectivity index (χ2n) is 5.33. The van der Waals surface area contributed by atoms with Gasteiger partial charge >= 0.3 is 5.63 Å². The Bertz CT molecular complexity index is 1000. The van der Waals surface area contributed by atoms with Crippen LogP contribution in [0.5, 0.6) is 5.75 Å². The maximum atomic E-state index is 13.2. The average Bonchev–Trinajstić information content (AvgIpc) is 2.57. The fraction of sp³-hybridized carbons (Fsp3) is 0.111. The van der Waals surface area contributed by atoms with Crippen LogP contribution in [0.3, 0.4) is 0 Å². The summed E-state index contributed by atoms with van der Waals surface area (Å²) in [5.41, 5.74) is -0.0455. The zero-order valence-corrected chi connectivity index (χ0v) is 13.1. The van der Waals surface area contributed by atoms with E-state index in [1.54, 1.807) is 18.2 Å². The lowest BCUT2D eigenvalue weighted by Gasteiger charge is -2.15. The second-order valence-corrected chi connectivity index (χ2v) is 5.33. The number of hydrogen-bond donors (Lipinski definition) is 1. The highest BCUT2D eigenvalue weighted by atomic mass is 19.2. The van der Waals surface area contributed by atoms with Gasteiger partial charge in [0.25, 0.3) is 5.91 Å². The highest BCUT2D eigenvalue weighted by molar-refractivity contribution is 5.94. The van der Waals surface area contributed by atoms with E-state index >= 15 is 0 Å². The molecule has 1 unspecified atom stereocenters. The first-order chi connectivity index (χ1) is 11.9. The van der Waals surface area contributed by atoms with Gasteiger partial charge in [-0.15, -0.1) is 0 Å². The molecule has 3 rings (SSSR count). The summed E-state index contributed by atoms with van der Waals surface area (Å²) in [6, 6.07) is 10.8. The SMILES string of the molecule is CC(Oc1ccc2ccc(=O)oc2c1)C(=O)Nc1ccc(F)c(F)c1. The monoisotopic (exact) mass is 345 g/mol. The molecule has 0 aliphatic carbocycles. The van der Waals surface area contributed by atoms with Crippen LogP contribution >= 0.6 is 0 Å². The Morgan fingerprint density at radius 1 is 1.08 bits per heavy atom. The van der Waals surface area contributed by atoms with Gasteiger partial charge in [-0.05, 0) is 37.3 Å². The van der Waals surface area contributed by atoms with E-state index in [1.807, 2.05) is 0 Å². The molecule has 1 amide bonds. The predicted octanol–water partition coefficient (Wildman–Crippen LogP) is 3.48. The van der Waals surface area contributed by atoms with Crippen LogP contribution in [-0.4, -0.2) is 12.0 Å². The third-order valence-electron chi connectivity index (χ3n) is 3.46. The topological polar surface area (TPSA) is 68.5 Å². The van der Waals surface area contributed by atoms with Crippen molar-refractivity contribution in [2.45, 2.75) is 13.0 Å². The van der Waals surface area contributed by atoms with Crippen molar-refractivity contribution in [3.8, 4) is 5.75 Å². The summed E-state index contributed by atoms with van der Waals surface area (Å²) in [4.78, 5) is 23.4. The largest absolute Gasteiger partial charge is 0.481 e. The quantitative estimate of drug-likeness (QED) is 0.735. The Morgan fingerprint density at radius 3 is 2.60 bits per heavy atom. The van der Waals surface area contributed by atoms with E-state index in [-0.39, 0.29) is 5.69 Å². The molecule has 1 atom stereocenters. The zero-order chi connectivity index (χ0) is 18.0. The van der Waals surface area contributed by atoms with Crippen LogP contribution in [0, 0.1) is 11.6 Å². The van der Waals surface area contributed by atoms with E-state index in [0.717, 1.165) is 12.1 Å². The van der Waals surface area contributed by atoms with E-state index in [4.69, 9.17) is 9.15 Å². The lowest BCUT2D eigenvalue weighted by molar-refractivity contribution is -0.122. The molecule has 0 spiro atoms. The first kappa shape index (κ1) is 16.6. The van der Waals surface area contributed by atoms with E-state index in [1.165, 1.54) is 25.1 Å². The molecule has 0 aliphatic rings. The molecule has 2 aromatic carbocycles. The molecule has 25 heavy (non-hydrogen) atoms. The minimum atomic E-state index is -1.06. The van der Waals surface area contributed by atoms with Gasteiger partial charge in [-0.1, -0.05) is 0 Å². The van der Waals surface area contributed by atoms with Crippen molar-refractivity contribution in [1.29, 1.82) is 0 Å². The van der Waals surface area contributed by atoms with Crippen LogP contribution in [-0.2, 0) is 4.79 Å². The Hall–Kier alpha value is -3.22. The lowest BCUT2D eigenvalue weighted by atomic mass is 10.2. The highest BCUT2D eigenvalue weighted by Crippen LogP contribution is 2.21. The maximum absolute atomic E-state index is 13.2. The zero-order valence-electron chi connectivity index (χ0n) is 13.1. The van der Waals surface area contributed by atoms with Crippen LogP contribution in [0.2, 0.25) is 0 Å². The molecule has 0 radical (unpaired) electrons. The highest BCUT2D eigenvalue weighted by Gasteiger charge is 2.16. The number of amides is 1. The van der Waals surface area contributed by atoms with Crippen molar-refractivity contribution in [2.24, 2.45) is 0 Å². The summed E-state index contributed by atoms with van der Waals surface area (Å²) in [6.45, 7) is 1.50. The van der Waals surface area contributed by atoms with Gasteiger partial charge in [0.2, 0.25) is 0 Å². The minimum Gasteiger partial charge on any atom is -0.481 e. The van der Waals surface area contributed by atoms with Crippen LogP contribution < -0.4 is 15.7 Å². The first-order valence-corrected chi connectivity index (χ1v) is 7.39. The third kappa shape index (κ3) is 3.82. The molecule has 1 heterocycles. The molecule has 0 aliphatic heterocycles. The lowest BCUT2D eigenvalue weighted by Crippen LogP contribution is -2.30. The van der Waals surface area contributed by atoms with Gasteiger partial charge in [-0.25, -0.2) is 13.6 Å². The molecule has 0 bridgehead atoms. The van der Waals surface area contributed by atoms with Gasteiger partial charge in [-0.2, -0.15) is 0 Å². The fourth-order valence-electron chi connectivity index (χ4n) is 2.19. The number of nitrogens with one attached hydrogen (secondary N) is 1. The molecule has 0 saturated heterocycles. The number of carbonyl (C=O) groups excluding carboxylic acids is 1. The van der Waals surface area contributed by atoms with Crippen molar-refractivity contribution < 1.29 is 22.7 Å². The summed E-state index contributed by atoms with van der Waals surface area (Å²) in [6.07, 6.45) is -0.916. The summed E-state index contributed by atoms with van der Waals surface area (Å²) in [5, 5.41) is 3.15. The minimum absolute atomic E-state index is 0.115. The predicted molar refractivity (Wildman–Crippen MR) is 87.6 cm³/mol. The fourth-order valence-corrected chi connectivity index (χ4v) is 2.19. The smallest absolute Gasteiger partial charge is 0.336 e. The van der Waals surface area contributed by atoms with E-state index in [9.17, 15) is 18.4 Å². The number of anilines is 1. The number of hydrogen-bond acceptors (Lipinski definition) is 4. The summed E-state index contributed by atoms with van der Waals surface area (Å²) in [5.74, 6) is -2.27. The molecule has 0 saturated carbocycles. The van der Waals surface area contributed by atoms with Gasteiger partial charge in [0, 0.05) is 29.3 Å². The van der Waals surface area contributed by atoms with Crippen molar-refractivity contribution in [1.82, 2.24) is 0 Å². The maximum Gasteiger partial charge on any atom is 0.336 e. The van der Waals surface area contributed by atoms with E-state index in [2.05, 4.69) is 5.32 Å². The van der Waals surface area contributed by atoms with E-state index in [0.29, 0.717) is 16.7 Å². The van der Waals surface area contributed by atoms with Crippen LogP contribution in [0.1, 0.15) is 6.92 Å². The Kier molecular flexibility index (Phi) is 4.47. The van der Waals surface area contributed by atoms with Crippen molar-refractivity contribution >= 4 is 22.6 Å². The summed E-state index contributed by atoms with van der Waals surface area (Å²) < 4.78 is 36.6. The number of halogens is 2. The van der Waals surface area contributed by atoms with E-state index < -0.39 is 29.3 Å². The van der Waals surface area contributed by atoms with Crippen LogP contribution in [0.15, 0.2) is 57.7 Å². The molecule has 3 aromatic rings. The summed E-state index contributed by atoms with van der Waals surface area (Å²) >= 11 is 0. The van der Waals surface area contributed by atoms with Crippen molar-refractivity contribution in [2.75, 3.05) is 5.32 Å². The van der Waals surface area contributed by atoms with Gasteiger partial charge in [0.1, 0.15) is 11.3 Å². The standard InChI is InChI=1S/C18H13F2NO4/c1-10(18(23)21-12-4-6-14(19)15(20)8-12)24-13-5-2-11-3-7-17(22)25-16(11)9-13/h2-10H,1H3,(H,21,23). The van der Waals surface area contributed by atoms with Crippen LogP contribution in [0.4, 0.5) is 14.5 Å². The number of fused-ring (bicyclic) bond motifs is 1. The second kappa shape index (κ2) is 6.72. The molecular formula is C18H13F2NO4. The normalized spacial score (nSPS) is 12.0. The van der Waals surface area contributed by atoms with Crippen molar-refractivity contribution in [3.05, 3.63) is 70.6 Å². The molecule has 0 fully saturated rings. The Labute approximate surface area is 140 Å². The van der Waals surface area contributed by atoms with Gasteiger partial charge in [0.15, 0.2) is 17.7 Å². The number of benzene rings is 2. The molecule has 5 nitrogen and oxygen atoms in total. The summed E-state index contributed by atoms with van der Waals surface area (Å²) in [7, 11) is 0. The van der Waals surface area contributed by atoms with Crippen molar-refractivity contribution in [3.63, 3.8) is 0 Å². The van der Waals surface area contributed by atoms with Gasteiger partial charge < -0.3 is 14.5 Å². The number of ether oxygens (including phenoxy) is 1. The average molecular weight is 345 g/mol. The van der Waals surface area contributed by atoms with Gasteiger partial charge in [-0.3, -0.25) is 4.79 Å². The number of carbonyl (C=O) groups is 1. The number of rotatable bonds is 4. The third-order valence-corrected chi connectivity index (χ3v) is 3.46. The molecule has 128 valence electrons. The molecular weight excluding hydrogens is 332 g/mol. The Morgan fingerprint density at radius 2 is 1.84 bits per heavy atom. The van der Waals surface area contributed by atoms with Gasteiger partial charge in [0.05, 0.1) is 0 Å². The molecule has 1 N–H and O–H groups in total.